The van der Waals surface area contributed by atoms with Crippen LogP contribution in [0.5, 0.6) is 0 Å². The molecule has 2 aromatic rings. The second-order valence-corrected chi connectivity index (χ2v) is 4.80. The summed E-state index contributed by atoms with van der Waals surface area (Å²) in [5.74, 6) is -0.439. The van der Waals surface area contributed by atoms with Crippen LogP contribution in [0.15, 0.2) is 21.9 Å². The topological polar surface area (TPSA) is 80.8 Å². The SMILES string of the molecule is CCOC(=O)c1nnc(Sc2ncc[nH]2)s1. The maximum atomic E-state index is 11.3. The fourth-order valence-corrected chi connectivity index (χ4v) is 2.51. The lowest BCUT2D eigenvalue weighted by Crippen LogP contribution is -2.03. The lowest BCUT2D eigenvalue weighted by atomic mass is 10.7. The number of rotatable bonds is 4. The molecule has 8 heteroatoms. The molecule has 0 atom stereocenters. The zero-order valence-electron chi connectivity index (χ0n) is 8.34. The van der Waals surface area contributed by atoms with Crippen molar-refractivity contribution in [2.24, 2.45) is 0 Å². The van der Waals surface area contributed by atoms with E-state index in [1.165, 1.54) is 23.1 Å². The third-order valence-corrected chi connectivity index (χ3v) is 3.38. The van der Waals surface area contributed by atoms with E-state index in [1.807, 2.05) is 0 Å². The summed E-state index contributed by atoms with van der Waals surface area (Å²) in [5.41, 5.74) is 0. The summed E-state index contributed by atoms with van der Waals surface area (Å²) in [4.78, 5) is 18.3. The molecule has 2 rings (SSSR count). The molecule has 2 heterocycles. The first-order valence-corrected chi connectivity index (χ1v) is 6.10. The molecule has 0 saturated heterocycles. The van der Waals surface area contributed by atoms with Crippen LogP contribution in [-0.2, 0) is 4.74 Å². The summed E-state index contributed by atoms with van der Waals surface area (Å²) in [6.07, 6.45) is 3.37. The molecule has 0 spiro atoms. The van der Waals surface area contributed by atoms with Crippen molar-refractivity contribution in [2.45, 2.75) is 16.4 Å². The number of hydrogen-bond donors (Lipinski definition) is 1. The molecule has 0 saturated carbocycles. The van der Waals surface area contributed by atoms with E-state index in [9.17, 15) is 4.79 Å². The molecule has 1 N–H and O–H groups in total. The molecular weight excluding hydrogens is 248 g/mol. The summed E-state index contributed by atoms with van der Waals surface area (Å²) in [7, 11) is 0. The van der Waals surface area contributed by atoms with Gasteiger partial charge in [0.05, 0.1) is 6.61 Å². The largest absolute Gasteiger partial charge is 0.461 e. The first-order chi connectivity index (χ1) is 7.79. The van der Waals surface area contributed by atoms with Crippen LogP contribution < -0.4 is 0 Å². The van der Waals surface area contributed by atoms with Gasteiger partial charge < -0.3 is 9.72 Å². The number of aromatic nitrogens is 4. The average Bonchev–Trinajstić information content (AvgIpc) is 2.90. The van der Waals surface area contributed by atoms with E-state index in [2.05, 4.69) is 20.2 Å². The maximum absolute atomic E-state index is 11.3. The number of ether oxygens (including phenoxy) is 1. The summed E-state index contributed by atoms with van der Waals surface area (Å²) >= 11 is 2.51. The molecule has 16 heavy (non-hydrogen) atoms. The molecule has 0 radical (unpaired) electrons. The molecule has 0 aliphatic rings. The predicted molar refractivity (Wildman–Crippen MR) is 58.6 cm³/mol. The third-order valence-electron chi connectivity index (χ3n) is 1.51. The van der Waals surface area contributed by atoms with Crippen LogP contribution in [0.4, 0.5) is 0 Å². The van der Waals surface area contributed by atoms with E-state index in [0.717, 1.165) is 0 Å². The molecule has 84 valence electrons. The van der Waals surface area contributed by atoms with Crippen molar-refractivity contribution in [3.8, 4) is 0 Å². The monoisotopic (exact) mass is 256 g/mol. The number of H-pyrrole nitrogens is 1. The Labute approximate surface area is 99.5 Å². The van der Waals surface area contributed by atoms with Crippen LogP contribution in [0.3, 0.4) is 0 Å². The highest BCUT2D eigenvalue weighted by atomic mass is 32.2. The van der Waals surface area contributed by atoms with Gasteiger partial charge in [0, 0.05) is 12.4 Å². The smallest absolute Gasteiger partial charge is 0.369 e. The molecule has 0 aliphatic heterocycles. The zero-order chi connectivity index (χ0) is 11.4. The quantitative estimate of drug-likeness (QED) is 0.837. The van der Waals surface area contributed by atoms with Crippen molar-refractivity contribution in [3.05, 3.63) is 17.4 Å². The van der Waals surface area contributed by atoms with E-state index >= 15 is 0 Å². The van der Waals surface area contributed by atoms with Gasteiger partial charge in [-0.1, -0.05) is 11.3 Å². The van der Waals surface area contributed by atoms with Gasteiger partial charge in [-0.15, -0.1) is 10.2 Å². The van der Waals surface area contributed by atoms with Crippen molar-refractivity contribution in [2.75, 3.05) is 6.61 Å². The van der Waals surface area contributed by atoms with Gasteiger partial charge in [0.15, 0.2) is 9.50 Å². The van der Waals surface area contributed by atoms with Gasteiger partial charge >= 0.3 is 5.97 Å². The van der Waals surface area contributed by atoms with Crippen molar-refractivity contribution in [3.63, 3.8) is 0 Å². The normalized spacial score (nSPS) is 10.3. The van der Waals surface area contributed by atoms with Crippen LogP contribution in [0.25, 0.3) is 0 Å². The number of nitrogens with one attached hydrogen (secondary N) is 1. The summed E-state index contributed by atoms with van der Waals surface area (Å²) in [6.45, 7) is 2.08. The van der Waals surface area contributed by atoms with Gasteiger partial charge in [-0.25, -0.2) is 9.78 Å². The van der Waals surface area contributed by atoms with Crippen molar-refractivity contribution >= 4 is 29.1 Å². The number of imidazole rings is 1. The van der Waals surface area contributed by atoms with Crippen LogP contribution in [0, 0.1) is 0 Å². The van der Waals surface area contributed by atoms with E-state index in [1.54, 1.807) is 19.3 Å². The number of aromatic amines is 1. The van der Waals surface area contributed by atoms with E-state index in [4.69, 9.17) is 4.74 Å². The molecule has 6 nitrogen and oxygen atoms in total. The Morgan fingerprint density at radius 3 is 3.19 bits per heavy atom. The van der Waals surface area contributed by atoms with E-state index in [0.29, 0.717) is 16.1 Å². The Balaban J connectivity index is 2.05. The molecule has 0 amide bonds. The summed E-state index contributed by atoms with van der Waals surface area (Å²) in [6, 6.07) is 0. The first-order valence-electron chi connectivity index (χ1n) is 4.47. The van der Waals surface area contributed by atoms with Crippen LogP contribution in [0.1, 0.15) is 16.7 Å². The minimum Gasteiger partial charge on any atom is -0.461 e. The molecular formula is C8H8N4O2S2. The predicted octanol–water partition coefficient (Wildman–Crippen LogP) is 1.59. The van der Waals surface area contributed by atoms with Gasteiger partial charge in [0.1, 0.15) is 0 Å². The molecule has 0 aliphatic carbocycles. The van der Waals surface area contributed by atoms with E-state index in [-0.39, 0.29) is 5.01 Å². The van der Waals surface area contributed by atoms with Crippen LogP contribution >= 0.6 is 23.1 Å². The zero-order valence-corrected chi connectivity index (χ0v) is 9.97. The van der Waals surface area contributed by atoms with Crippen molar-refractivity contribution in [1.29, 1.82) is 0 Å². The Hall–Kier alpha value is -1.41. The van der Waals surface area contributed by atoms with Gasteiger partial charge in [-0.2, -0.15) is 0 Å². The average molecular weight is 256 g/mol. The number of carbonyl (C=O) groups excluding carboxylic acids is 1. The number of hydrogen-bond acceptors (Lipinski definition) is 7. The van der Waals surface area contributed by atoms with Crippen molar-refractivity contribution in [1.82, 2.24) is 20.2 Å². The highest BCUT2D eigenvalue weighted by Crippen LogP contribution is 2.27. The highest BCUT2D eigenvalue weighted by Gasteiger charge is 2.14. The third kappa shape index (κ3) is 2.58. The molecule has 0 unspecified atom stereocenters. The Bertz CT molecular complexity index is 468. The fraction of sp³-hybridized carbons (Fsp3) is 0.250. The number of esters is 1. The number of nitrogens with zero attached hydrogens (tertiary/aromatic N) is 3. The molecule has 0 fully saturated rings. The Morgan fingerprint density at radius 2 is 2.50 bits per heavy atom. The van der Waals surface area contributed by atoms with Gasteiger partial charge in [0.2, 0.25) is 5.01 Å². The van der Waals surface area contributed by atoms with Gasteiger partial charge in [-0.05, 0) is 18.7 Å². The molecule has 2 aromatic heterocycles. The van der Waals surface area contributed by atoms with Gasteiger partial charge in [-0.3, -0.25) is 0 Å². The lowest BCUT2D eigenvalue weighted by molar-refractivity contribution is 0.0525. The minimum absolute atomic E-state index is 0.260. The Kier molecular flexibility index (Phi) is 3.52. The maximum Gasteiger partial charge on any atom is 0.369 e. The first kappa shape index (κ1) is 11.1. The van der Waals surface area contributed by atoms with E-state index < -0.39 is 5.97 Å². The van der Waals surface area contributed by atoms with Gasteiger partial charge in [0.25, 0.3) is 0 Å². The van der Waals surface area contributed by atoms with Crippen molar-refractivity contribution < 1.29 is 9.53 Å². The lowest BCUT2D eigenvalue weighted by Gasteiger charge is -1.94. The van der Waals surface area contributed by atoms with Crippen LogP contribution in [0.2, 0.25) is 0 Å². The Morgan fingerprint density at radius 1 is 1.62 bits per heavy atom. The number of carbonyl (C=O) groups is 1. The highest BCUT2D eigenvalue weighted by molar-refractivity contribution is 8.00. The van der Waals surface area contributed by atoms with Crippen LogP contribution in [-0.4, -0.2) is 32.7 Å². The second kappa shape index (κ2) is 5.08. The summed E-state index contributed by atoms with van der Waals surface area (Å²) < 4.78 is 5.46. The fourth-order valence-electron chi connectivity index (χ4n) is 0.916. The second-order valence-electron chi connectivity index (χ2n) is 2.59. The summed E-state index contributed by atoms with van der Waals surface area (Å²) in [5, 5.41) is 8.59. The standard InChI is InChI=1S/C8H8N4O2S2/c1-2-14-6(13)5-11-12-8(15-5)16-7-9-3-4-10-7/h3-4H,2H2,1H3,(H,9,10). The molecule has 0 bridgehead atoms. The minimum atomic E-state index is -0.439. The molecule has 0 aromatic carbocycles.